The second-order valence-corrected chi connectivity index (χ2v) is 9.81. The largest absolute Gasteiger partial charge is 0.490 e. The number of esters is 1. The predicted molar refractivity (Wildman–Crippen MR) is 146 cm³/mol. The Balaban J connectivity index is 1.64. The highest BCUT2D eigenvalue weighted by Gasteiger charge is 2.26. The van der Waals surface area contributed by atoms with Crippen LogP contribution in [0.25, 0.3) is 6.08 Å². The fourth-order valence-electron chi connectivity index (χ4n) is 3.15. The average molecular weight is 686 g/mol. The van der Waals surface area contributed by atoms with Gasteiger partial charge >= 0.3 is 5.97 Å². The van der Waals surface area contributed by atoms with Crippen LogP contribution >= 0.6 is 56.8 Å². The van der Waals surface area contributed by atoms with Gasteiger partial charge in [-0.1, -0.05) is 41.9 Å². The molecule has 3 aromatic rings. The molecule has 0 bridgehead atoms. The molecular formula is C25H18ClI2NO4. The van der Waals surface area contributed by atoms with Gasteiger partial charge in [0.1, 0.15) is 6.61 Å². The van der Waals surface area contributed by atoms with Gasteiger partial charge < -0.3 is 14.2 Å². The van der Waals surface area contributed by atoms with Gasteiger partial charge in [-0.2, -0.15) is 0 Å². The molecule has 0 spiro atoms. The number of hydrogen-bond donors (Lipinski definition) is 0. The lowest BCUT2D eigenvalue weighted by atomic mass is 10.1. The van der Waals surface area contributed by atoms with Gasteiger partial charge in [-0.3, -0.25) is 0 Å². The lowest BCUT2D eigenvalue weighted by Gasteiger charge is -2.15. The Morgan fingerprint density at radius 2 is 1.85 bits per heavy atom. The molecule has 0 amide bonds. The van der Waals surface area contributed by atoms with Crippen molar-refractivity contribution in [1.29, 1.82) is 0 Å². The number of ether oxygens (including phenoxy) is 3. The lowest BCUT2D eigenvalue weighted by molar-refractivity contribution is -0.129. The van der Waals surface area contributed by atoms with E-state index in [-0.39, 0.29) is 11.6 Å². The Morgan fingerprint density at radius 1 is 1.06 bits per heavy atom. The Hall–Kier alpha value is -2.11. The minimum Gasteiger partial charge on any atom is -0.490 e. The van der Waals surface area contributed by atoms with Gasteiger partial charge in [0, 0.05) is 3.57 Å². The summed E-state index contributed by atoms with van der Waals surface area (Å²) >= 11 is 10.6. The molecule has 168 valence electrons. The quantitative estimate of drug-likeness (QED) is 0.155. The Labute approximate surface area is 224 Å². The first-order valence-electron chi connectivity index (χ1n) is 10.1. The summed E-state index contributed by atoms with van der Waals surface area (Å²) in [5, 5.41) is 0.469. The van der Waals surface area contributed by atoms with Crippen molar-refractivity contribution in [2.45, 2.75) is 13.5 Å². The molecule has 1 heterocycles. The lowest BCUT2D eigenvalue weighted by Crippen LogP contribution is -2.06. The molecule has 0 aliphatic carbocycles. The smallest absolute Gasteiger partial charge is 0.363 e. The van der Waals surface area contributed by atoms with Gasteiger partial charge in [0.2, 0.25) is 5.90 Å². The van der Waals surface area contributed by atoms with Crippen molar-refractivity contribution in [2.24, 2.45) is 4.99 Å². The summed E-state index contributed by atoms with van der Waals surface area (Å²) in [5.41, 5.74) is 2.58. The second kappa shape index (κ2) is 10.9. The molecule has 0 aromatic heterocycles. The molecule has 1 aliphatic rings. The van der Waals surface area contributed by atoms with Crippen LogP contribution in [0.3, 0.4) is 0 Å². The van der Waals surface area contributed by atoms with Crippen molar-refractivity contribution in [3.05, 3.63) is 95.2 Å². The molecule has 0 N–H and O–H groups in total. The highest BCUT2D eigenvalue weighted by atomic mass is 127. The molecule has 3 aromatic carbocycles. The van der Waals surface area contributed by atoms with E-state index in [0.29, 0.717) is 35.3 Å². The van der Waals surface area contributed by atoms with E-state index >= 15 is 0 Å². The van der Waals surface area contributed by atoms with Crippen LogP contribution in [0, 0.1) is 7.14 Å². The van der Waals surface area contributed by atoms with Gasteiger partial charge in [0.25, 0.3) is 0 Å². The van der Waals surface area contributed by atoms with Crippen molar-refractivity contribution in [2.75, 3.05) is 6.61 Å². The van der Waals surface area contributed by atoms with Gasteiger partial charge in [0.15, 0.2) is 17.2 Å². The maximum Gasteiger partial charge on any atom is 0.363 e. The molecule has 0 unspecified atom stereocenters. The zero-order valence-electron chi connectivity index (χ0n) is 17.5. The van der Waals surface area contributed by atoms with Gasteiger partial charge in [-0.05, 0) is 99.6 Å². The minimum absolute atomic E-state index is 0.191. The van der Waals surface area contributed by atoms with Crippen LogP contribution in [0.1, 0.15) is 23.6 Å². The molecule has 0 saturated heterocycles. The van der Waals surface area contributed by atoms with Crippen LogP contribution in [0.15, 0.2) is 71.4 Å². The summed E-state index contributed by atoms with van der Waals surface area (Å²) in [7, 11) is 0. The summed E-state index contributed by atoms with van der Waals surface area (Å²) in [4.78, 5) is 16.9. The van der Waals surface area contributed by atoms with E-state index in [1.807, 2.05) is 61.5 Å². The highest BCUT2D eigenvalue weighted by Crippen LogP contribution is 2.36. The van der Waals surface area contributed by atoms with Crippen LogP contribution in [0.5, 0.6) is 11.5 Å². The number of hydrogen-bond acceptors (Lipinski definition) is 5. The van der Waals surface area contributed by atoms with Crippen molar-refractivity contribution in [3.63, 3.8) is 0 Å². The molecule has 5 nitrogen and oxygen atoms in total. The number of halogens is 3. The van der Waals surface area contributed by atoms with Crippen LogP contribution in [-0.4, -0.2) is 18.5 Å². The number of cyclic esters (lactones) is 1. The highest BCUT2D eigenvalue weighted by molar-refractivity contribution is 14.1. The molecule has 1 aliphatic heterocycles. The third-order valence-electron chi connectivity index (χ3n) is 4.64. The van der Waals surface area contributed by atoms with E-state index in [2.05, 4.69) is 50.2 Å². The zero-order chi connectivity index (χ0) is 23.4. The topological polar surface area (TPSA) is 57.1 Å². The van der Waals surface area contributed by atoms with E-state index < -0.39 is 5.97 Å². The first-order chi connectivity index (χ1) is 15.9. The van der Waals surface area contributed by atoms with Crippen LogP contribution < -0.4 is 9.47 Å². The van der Waals surface area contributed by atoms with Gasteiger partial charge in [-0.25, -0.2) is 9.79 Å². The first-order valence-corrected chi connectivity index (χ1v) is 12.6. The summed E-state index contributed by atoms with van der Waals surface area (Å²) < 4.78 is 19.1. The van der Waals surface area contributed by atoms with Gasteiger partial charge in [0.05, 0.1) is 20.8 Å². The number of nitrogens with zero attached hydrogens (tertiary/aromatic N) is 1. The van der Waals surface area contributed by atoms with E-state index in [1.165, 1.54) is 0 Å². The van der Waals surface area contributed by atoms with Crippen LogP contribution in [0.2, 0.25) is 5.02 Å². The number of aliphatic imine (C=N–C) groups is 1. The molecule has 0 fully saturated rings. The fourth-order valence-corrected chi connectivity index (χ4v) is 4.62. The third-order valence-corrected chi connectivity index (χ3v) is 6.44. The summed E-state index contributed by atoms with van der Waals surface area (Å²) in [6.45, 7) is 2.82. The number of carbonyl (C=O) groups excluding carboxylic acids is 1. The van der Waals surface area contributed by atoms with Crippen LogP contribution in [-0.2, 0) is 16.1 Å². The molecular weight excluding hydrogens is 668 g/mol. The van der Waals surface area contributed by atoms with Crippen molar-refractivity contribution < 1.29 is 19.0 Å². The molecule has 0 radical (unpaired) electrons. The monoisotopic (exact) mass is 685 g/mol. The van der Waals surface area contributed by atoms with E-state index in [0.717, 1.165) is 18.3 Å². The number of rotatable bonds is 7. The normalized spacial score (nSPS) is 14.2. The second-order valence-electron chi connectivity index (χ2n) is 7.00. The summed E-state index contributed by atoms with van der Waals surface area (Å²) in [5.74, 6) is 0.922. The van der Waals surface area contributed by atoms with Crippen molar-refractivity contribution in [3.8, 4) is 11.5 Å². The maximum absolute atomic E-state index is 12.5. The Kier molecular flexibility index (Phi) is 7.92. The summed E-state index contributed by atoms with van der Waals surface area (Å²) in [6, 6.07) is 19.1. The van der Waals surface area contributed by atoms with Gasteiger partial charge in [-0.15, -0.1) is 0 Å². The van der Waals surface area contributed by atoms with E-state index in [9.17, 15) is 4.79 Å². The predicted octanol–water partition coefficient (Wildman–Crippen LogP) is 6.87. The van der Waals surface area contributed by atoms with E-state index in [1.54, 1.807) is 12.1 Å². The SMILES string of the molecule is CCOc1cc(/C=C2\N=C(c3cc(I)ccc3Cl)OC2=O)cc(I)c1OCc1ccccc1. The Bertz CT molecular complexity index is 1260. The molecule has 0 atom stereocenters. The fraction of sp³-hybridized carbons (Fsp3) is 0.120. The zero-order valence-corrected chi connectivity index (χ0v) is 22.6. The average Bonchev–Trinajstić information content (AvgIpc) is 3.15. The molecule has 33 heavy (non-hydrogen) atoms. The Morgan fingerprint density at radius 3 is 2.61 bits per heavy atom. The number of carbonyl (C=O) groups is 1. The van der Waals surface area contributed by atoms with Crippen LogP contribution in [0.4, 0.5) is 0 Å². The van der Waals surface area contributed by atoms with Crippen molar-refractivity contribution >= 4 is 74.7 Å². The summed E-state index contributed by atoms with van der Waals surface area (Å²) in [6.07, 6.45) is 1.67. The third kappa shape index (κ3) is 5.88. The minimum atomic E-state index is -0.530. The standard InChI is InChI=1S/C25H18ClI2NO4/c1-2-31-22-12-16(10-20(28)23(22)32-14-15-6-4-3-5-7-15)11-21-25(30)33-24(29-21)18-13-17(27)8-9-19(18)26/h3-13H,2,14H2,1H3/b21-11-. The molecule has 8 heteroatoms. The first kappa shape index (κ1) is 24.0. The molecule has 0 saturated carbocycles. The molecule has 4 rings (SSSR count). The maximum atomic E-state index is 12.5. The number of benzene rings is 3. The van der Waals surface area contributed by atoms with E-state index in [4.69, 9.17) is 25.8 Å². The van der Waals surface area contributed by atoms with Crippen molar-refractivity contribution in [1.82, 2.24) is 0 Å².